The van der Waals surface area contributed by atoms with E-state index in [1.807, 2.05) is 0 Å². The van der Waals surface area contributed by atoms with Gasteiger partial charge in [0.05, 0.1) is 0 Å². The van der Waals surface area contributed by atoms with E-state index in [1.165, 1.54) is 51.4 Å². The molecule has 1 fully saturated rings. The molecule has 0 aliphatic heterocycles. The van der Waals surface area contributed by atoms with Crippen LogP contribution in [0.25, 0.3) is 0 Å². The Morgan fingerprint density at radius 2 is 1.77 bits per heavy atom. The third kappa shape index (κ3) is 3.54. The van der Waals surface area contributed by atoms with Crippen molar-refractivity contribution in [1.82, 2.24) is 0 Å². The summed E-state index contributed by atoms with van der Waals surface area (Å²) < 4.78 is 0. The summed E-state index contributed by atoms with van der Waals surface area (Å²) in [5.74, 6) is 2.16. The van der Waals surface area contributed by atoms with Gasteiger partial charge in [-0.05, 0) is 43.9 Å². The maximum absolute atomic E-state index is 3.77. The van der Waals surface area contributed by atoms with Crippen LogP contribution in [0.1, 0.15) is 58.3 Å². The summed E-state index contributed by atoms with van der Waals surface area (Å²) in [6.07, 6.45) is 13.4. The van der Waals surface area contributed by atoms with E-state index in [1.54, 1.807) is 0 Å². The van der Waals surface area contributed by atoms with Crippen molar-refractivity contribution in [2.75, 3.05) is 0 Å². The van der Waals surface area contributed by atoms with Crippen molar-refractivity contribution in [3.05, 3.63) is 12.7 Å². The lowest BCUT2D eigenvalue weighted by atomic mass is 9.69. The molecule has 0 heteroatoms. The highest BCUT2D eigenvalue weighted by Gasteiger charge is 2.28. The van der Waals surface area contributed by atoms with Gasteiger partial charge in [0.25, 0.3) is 0 Å². The molecular weight excluding hydrogens is 156 g/mol. The van der Waals surface area contributed by atoms with Crippen molar-refractivity contribution in [2.45, 2.75) is 58.3 Å². The summed E-state index contributed by atoms with van der Waals surface area (Å²) in [5, 5.41) is 0. The fourth-order valence-corrected chi connectivity index (χ4v) is 2.39. The predicted molar refractivity (Wildman–Crippen MR) is 59.8 cm³/mol. The zero-order valence-corrected chi connectivity index (χ0v) is 9.10. The lowest BCUT2D eigenvalue weighted by molar-refractivity contribution is 0.147. The first kappa shape index (κ1) is 10.8. The molecule has 0 nitrogen and oxygen atoms in total. The predicted octanol–water partition coefficient (Wildman–Crippen LogP) is 4.56. The summed E-state index contributed by atoms with van der Waals surface area (Å²) in [4.78, 5) is 0. The zero-order chi connectivity index (χ0) is 9.52. The van der Waals surface area contributed by atoms with E-state index >= 15 is 0 Å². The van der Waals surface area contributed by atoms with Crippen molar-refractivity contribution in [3.63, 3.8) is 0 Å². The zero-order valence-electron chi connectivity index (χ0n) is 9.10. The standard InChI is InChI=1S/C13H24/c1-3-5-7-9-13-11-10-12(13)8-6-4-2/h3,12-13H,1,4-11H2,2H3. The SMILES string of the molecule is C=CCCCC1CCC1CCCC. The molecular formula is C13H24. The molecule has 0 aromatic heterocycles. The molecule has 0 N–H and O–H groups in total. The molecule has 2 atom stereocenters. The smallest absolute Gasteiger partial charge is 0.0353 e. The number of hydrogen-bond acceptors (Lipinski definition) is 0. The van der Waals surface area contributed by atoms with Gasteiger partial charge < -0.3 is 0 Å². The minimum Gasteiger partial charge on any atom is -0.103 e. The molecule has 2 unspecified atom stereocenters. The first-order chi connectivity index (χ1) is 6.38. The van der Waals surface area contributed by atoms with Gasteiger partial charge in [-0.25, -0.2) is 0 Å². The van der Waals surface area contributed by atoms with Gasteiger partial charge in [-0.2, -0.15) is 0 Å². The molecule has 0 aromatic carbocycles. The van der Waals surface area contributed by atoms with Crippen LogP contribution in [-0.2, 0) is 0 Å². The van der Waals surface area contributed by atoms with E-state index in [0.29, 0.717) is 0 Å². The minimum atomic E-state index is 1.08. The number of hydrogen-bond donors (Lipinski definition) is 0. The van der Waals surface area contributed by atoms with Crippen LogP contribution in [0.15, 0.2) is 12.7 Å². The highest BCUT2D eigenvalue weighted by Crippen LogP contribution is 2.40. The molecule has 0 amide bonds. The first-order valence-electron chi connectivity index (χ1n) is 5.99. The Labute approximate surface area is 83.4 Å². The van der Waals surface area contributed by atoms with Crippen LogP contribution in [-0.4, -0.2) is 0 Å². The highest BCUT2D eigenvalue weighted by molar-refractivity contribution is 4.81. The van der Waals surface area contributed by atoms with E-state index in [-0.39, 0.29) is 0 Å². The maximum Gasteiger partial charge on any atom is -0.0353 e. The first-order valence-corrected chi connectivity index (χ1v) is 5.99. The van der Waals surface area contributed by atoms with E-state index in [0.717, 1.165) is 11.8 Å². The topological polar surface area (TPSA) is 0 Å². The Bertz CT molecular complexity index is 137. The molecule has 0 heterocycles. The lowest BCUT2D eigenvalue weighted by Crippen LogP contribution is -2.25. The van der Waals surface area contributed by atoms with Crippen molar-refractivity contribution >= 4 is 0 Å². The van der Waals surface area contributed by atoms with Gasteiger partial charge in [0.2, 0.25) is 0 Å². The van der Waals surface area contributed by atoms with Gasteiger partial charge in [0.1, 0.15) is 0 Å². The van der Waals surface area contributed by atoms with Crippen molar-refractivity contribution < 1.29 is 0 Å². The molecule has 1 aliphatic carbocycles. The van der Waals surface area contributed by atoms with E-state index < -0.39 is 0 Å². The summed E-state index contributed by atoms with van der Waals surface area (Å²) >= 11 is 0. The van der Waals surface area contributed by atoms with Crippen molar-refractivity contribution in [1.29, 1.82) is 0 Å². The molecule has 76 valence electrons. The van der Waals surface area contributed by atoms with Gasteiger partial charge in [-0.3, -0.25) is 0 Å². The molecule has 0 spiro atoms. The maximum atomic E-state index is 3.77. The molecule has 13 heavy (non-hydrogen) atoms. The van der Waals surface area contributed by atoms with Crippen LogP contribution in [0, 0.1) is 11.8 Å². The third-order valence-electron chi connectivity index (χ3n) is 3.49. The average Bonchev–Trinajstić information content (AvgIpc) is 2.11. The lowest BCUT2D eigenvalue weighted by Gasteiger charge is -2.37. The van der Waals surface area contributed by atoms with Crippen LogP contribution in [0.4, 0.5) is 0 Å². The fourth-order valence-electron chi connectivity index (χ4n) is 2.39. The highest BCUT2D eigenvalue weighted by atomic mass is 14.3. The van der Waals surface area contributed by atoms with Gasteiger partial charge >= 0.3 is 0 Å². The van der Waals surface area contributed by atoms with Crippen LogP contribution in [0.3, 0.4) is 0 Å². The van der Waals surface area contributed by atoms with Gasteiger partial charge in [0.15, 0.2) is 0 Å². The van der Waals surface area contributed by atoms with Crippen LogP contribution < -0.4 is 0 Å². The van der Waals surface area contributed by atoms with Crippen LogP contribution >= 0.6 is 0 Å². The Hall–Kier alpha value is -0.260. The quantitative estimate of drug-likeness (QED) is 0.398. The second-order valence-electron chi connectivity index (χ2n) is 4.46. The van der Waals surface area contributed by atoms with E-state index in [2.05, 4.69) is 19.6 Å². The van der Waals surface area contributed by atoms with Gasteiger partial charge in [-0.15, -0.1) is 6.58 Å². The minimum absolute atomic E-state index is 1.08. The van der Waals surface area contributed by atoms with Crippen molar-refractivity contribution in [3.8, 4) is 0 Å². The number of unbranched alkanes of at least 4 members (excludes halogenated alkanes) is 2. The fraction of sp³-hybridized carbons (Fsp3) is 0.846. The Kier molecular flexibility index (Phi) is 5.19. The third-order valence-corrected chi connectivity index (χ3v) is 3.49. The van der Waals surface area contributed by atoms with E-state index in [9.17, 15) is 0 Å². The second-order valence-corrected chi connectivity index (χ2v) is 4.46. The molecule has 0 saturated heterocycles. The largest absolute Gasteiger partial charge is 0.103 e. The number of rotatable bonds is 7. The molecule has 0 aromatic rings. The molecule has 0 radical (unpaired) electrons. The average molecular weight is 180 g/mol. The van der Waals surface area contributed by atoms with Gasteiger partial charge in [-0.1, -0.05) is 32.3 Å². The van der Waals surface area contributed by atoms with Crippen LogP contribution in [0.2, 0.25) is 0 Å². The van der Waals surface area contributed by atoms with Gasteiger partial charge in [0, 0.05) is 0 Å². The molecule has 1 aliphatic rings. The second kappa shape index (κ2) is 6.23. The molecule has 0 bridgehead atoms. The normalized spacial score (nSPS) is 26.8. The summed E-state index contributed by atoms with van der Waals surface area (Å²) in [6.45, 7) is 6.07. The Morgan fingerprint density at radius 3 is 2.23 bits per heavy atom. The van der Waals surface area contributed by atoms with Crippen molar-refractivity contribution in [2.24, 2.45) is 11.8 Å². The monoisotopic (exact) mass is 180 g/mol. The summed E-state index contributed by atoms with van der Waals surface area (Å²) in [5.41, 5.74) is 0. The summed E-state index contributed by atoms with van der Waals surface area (Å²) in [6, 6.07) is 0. The molecule has 1 rings (SSSR count). The van der Waals surface area contributed by atoms with E-state index in [4.69, 9.17) is 0 Å². The number of allylic oxidation sites excluding steroid dienone is 1. The Morgan fingerprint density at radius 1 is 1.15 bits per heavy atom. The summed E-state index contributed by atoms with van der Waals surface area (Å²) in [7, 11) is 0. The Balaban J connectivity index is 2.02. The van der Waals surface area contributed by atoms with Crippen LogP contribution in [0.5, 0.6) is 0 Å². The molecule has 1 saturated carbocycles.